The van der Waals surface area contributed by atoms with E-state index >= 15 is 0 Å². The van der Waals surface area contributed by atoms with Gasteiger partial charge in [-0.1, -0.05) is 0 Å². The van der Waals surface area contributed by atoms with Gasteiger partial charge in [0.25, 0.3) is 0 Å². The molecule has 16 nitrogen and oxygen atoms in total. The summed E-state index contributed by atoms with van der Waals surface area (Å²) in [5.74, 6) is -0.645. The molecular weight excluding hydrogens is 482 g/mol. The predicted octanol–water partition coefficient (Wildman–Crippen LogP) is -6.79. The molecule has 0 radical (unpaired) electrons. The van der Waals surface area contributed by atoms with Gasteiger partial charge in [0.1, 0.15) is 67.1 Å². The normalized spacial score (nSPS) is 49.0. The molecule has 3 heterocycles. The largest absolute Gasteiger partial charge is 0.394 e. The van der Waals surface area contributed by atoms with Crippen LogP contribution in [0, 0.1) is 0 Å². The van der Waals surface area contributed by atoms with Gasteiger partial charge in [0.15, 0.2) is 18.9 Å². The van der Waals surface area contributed by atoms with Gasteiger partial charge in [-0.05, 0) is 0 Å². The van der Waals surface area contributed by atoms with Crippen molar-refractivity contribution in [3.05, 3.63) is 0 Å². The zero-order valence-corrected chi connectivity index (χ0v) is 18.7. The number of carbonyl (C=O) groups excluding carboxylic acids is 1. The van der Waals surface area contributed by atoms with E-state index < -0.39 is 112 Å². The summed E-state index contributed by atoms with van der Waals surface area (Å²) < 4.78 is 27.3. The summed E-state index contributed by atoms with van der Waals surface area (Å²) in [6.45, 7) is -0.817. The molecule has 14 atom stereocenters. The van der Waals surface area contributed by atoms with E-state index in [-0.39, 0.29) is 0 Å². The topological polar surface area (TPSA) is 257 Å². The molecule has 204 valence electrons. The lowest BCUT2D eigenvalue weighted by Gasteiger charge is -2.49. The van der Waals surface area contributed by atoms with Gasteiger partial charge in [0.05, 0.1) is 19.8 Å². The first-order valence-electron chi connectivity index (χ1n) is 11.0. The maximum absolute atomic E-state index is 11.8. The molecule has 1 amide bonds. The number of aliphatic hydroxyl groups is 9. The van der Waals surface area contributed by atoms with Crippen molar-refractivity contribution in [2.75, 3.05) is 19.8 Å². The molecule has 0 aromatic heterocycles. The van der Waals surface area contributed by atoms with Crippen molar-refractivity contribution in [3.8, 4) is 0 Å². The van der Waals surface area contributed by atoms with Crippen LogP contribution in [0.5, 0.6) is 0 Å². The highest BCUT2D eigenvalue weighted by Gasteiger charge is 2.53. The molecule has 3 aliphatic heterocycles. The van der Waals surface area contributed by atoms with E-state index in [4.69, 9.17) is 23.7 Å². The van der Waals surface area contributed by atoms with Gasteiger partial charge in [0.2, 0.25) is 5.91 Å². The lowest BCUT2D eigenvalue weighted by atomic mass is 9.94. The second-order valence-corrected chi connectivity index (χ2v) is 8.62. The van der Waals surface area contributed by atoms with Gasteiger partial charge < -0.3 is 75.0 Å². The standard InChI is InChI=1S/C19H33NO15/c1-5(23)20-9-16(35-19-14(29)12(27)11(26)7(2-21)33-19)15(8(3-22)32-17(9)30)34-18-13(28)10(25)6(24)4-31-18/h6-19,21-22,24-30H,2-4H2,1H3,(H,20,23)/t6-,7-,8-,9-,10-,11+,12+,13+,14-,15-,16-,17-,18+,19+/m1/s1. The molecule has 3 fully saturated rings. The third kappa shape index (κ3) is 6.08. The van der Waals surface area contributed by atoms with Crippen LogP contribution >= 0.6 is 0 Å². The second-order valence-electron chi connectivity index (χ2n) is 8.62. The van der Waals surface area contributed by atoms with E-state index in [1.165, 1.54) is 0 Å². The van der Waals surface area contributed by atoms with Crippen molar-refractivity contribution in [2.45, 2.75) is 92.9 Å². The molecular formula is C19H33NO15. The highest BCUT2D eigenvalue weighted by atomic mass is 16.7. The Morgan fingerprint density at radius 2 is 1.40 bits per heavy atom. The number of nitrogens with one attached hydrogen (secondary N) is 1. The highest BCUT2D eigenvalue weighted by molar-refractivity contribution is 5.73. The fourth-order valence-electron chi connectivity index (χ4n) is 4.17. The van der Waals surface area contributed by atoms with Crippen LogP contribution in [-0.2, 0) is 28.5 Å². The quantitative estimate of drug-likeness (QED) is 0.151. The smallest absolute Gasteiger partial charge is 0.217 e. The van der Waals surface area contributed by atoms with Gasteiger partial charge in [-0.3, -0.25) is 4.79 Å². The van der Waals surface area contributed by atoms with Crippen LogP contribution in [-0.4, -0.2) is 158 Å². The van der Waals surface area contributed by atoms with Crippen LogP contribution in [0.25, 0.3) is 0 Å². The van der Waals surface area contributed by atoms with Crippen molar-refractivity contribution in [3.63, 3.8) is 0 Å². The summed E-state index contributed by atoms with van der Waals surface area (Å²) in [6, 6.07) is -1.41. The summed E-state index contributed by atoms with van der Waals surface area (Å²) in [5.41, 5.74) is 0. The second kappa shape index (κ2) is 12.0. The molecule has 3 rings (SSSR count). The van der Waals surface area contributed by atoms with Gasteiger partial charge in [-0.15, -0.1) is 0 Å². The number of rotatable bonds is 7. The molecule has 3 aliphatic rings. The Labute approximate surface area is 199 Å². The average molecular weight is 515 g/mol. The Morgan fingerprint density at radius 3 is 2.00 bits per heavy atom. The zero-order valence-electron chi connectivity index (χ0n) is 18.7. The summed E-state index contributed by atoms with van der Waals surface area (Å²) in [7, 11) is 0. The van der Waals surface area contributed by atoms with Gasteiger partial charge in [0, 0.05) is 6.92 Å². The van der Waals surface area contributed by atoms with Crippen LogP contribution in [0.4, 0.5) is 0 Å². The average Bonchev–Trinajstić information content (AvgIpc) is 2.82. The molecule has 0 aromatic rings. The van der Waals surface area contributed by atoms with Gasteiger partial charge in [-0.2, -0.15) is 0 Å². The third-order valence-electron chi connectivity index (χ3n) is 6.10. The summed E-state index contributed by atoms with van der Waals surface area (Å²) in [5, 5.41) is 92.5. The first-order valence-corrected chi connectivity index (χ1v) is 11.0. The van der Waals surface area contributed by atoms with E-state index in [9.17, 15) is 50.8 Å². The number of ether oxygens (including phenoxy) is 5. The predicted molar refractivity (Wildman–Crippen MR) is 107 cm³/mol. The summed E-state index contributed by atoms with van der Waals surface area (Å²) in [6.07, 6.45) is -20.9. The SMILES string of the molecule is CC(=O)N[C@@H]1[C@@H](O[C@@H]2O[C@H](CO)[C@H](O)[C@H](O)[C@H]2O)[C@H](O[C@@H]2OC[C@@H](O)[C@@H](O)[C@@H]2O)[C@@H](CO)O[C@H]1O. The van der Waals surface area contributed by atoms with Crippen molar-refractivity contribution >= 4 is 5.91 Å². The molecule has 0 saturated carbocycles. The molecule has 10 N–H and O–H groups in total. The minimum atomic E-state index is -1.85. The Kier molecular flexibility index (Phi) is 9.74. The fraction of sp³-hybridized carbons (Fsp3) is 0.947. The number of amides is 1. The number of hydrogen-bond donors (Lipinski definition) is 10. The van der Waals surface area contributed by atoms with Crippen LogP contribution in [0.1, 0.15) is 6.92 Å². The third-order valence-corrected chi connectivity index (χ3v) is 6.10. The molecule has 16 heteroatoms. The van der Waals surface area contributed by atoms with Crippen LogP contribution in [0.3, 0.4) is 0 Å². The first-order chi connectivity index (χ1) is 16.5. The number of hydrogen-bond acceptors (Lipinski definition) is 15. The zero-order chi connectivity index (χ0) is 26.0. The molecule has 0 unspecified atom stereocenters. The fourth-order valence-corrected chi connectivity index (χ4v) is 4.17. The first kappa shape index (κ1) is 28.5. The number of carbonyl (C=O) groups is 1. The van der Waals surface area contributed by atoms with Crippen LogP contribution < -0.4 is 5.32 Å². The Hall–Kier alpha value is -1.09. The van der Waals surface area contributed by atoms with Gasteiger partial charge >= 0.3 is 0 Å². The number of aliphatic hydroxyl groups excluding tert-OH is 9. The van der Waals surface area contributed by atoms with Crippen LogP contribution in [0.2, 0.25) is 0 Å². The maximum atomic E-state index is 11.8. The van der Waals surface area contributed by atoms with Gasteiger partial charge in [-0.25, -0.2) is 0 Å². The maximum Gasteiger partial charge on any atom is 0.217 e. The minimum absolute atomic E-state index is 0.420. The molecule has 0 aromatic carbocycles. The van der Waals surface area contributed by atoms with Crippen molar-refractivity contribution in [1.82, 2.24) is 5.32 Å². The van der Waals surface area contributed by atoms with E-state index in [0.717, 1.165) is 6.92 Å². The Balaban J connectivity index is 1.90. The van der Waals surface area contributed by atoms with Crippen LogP contribution in [0.15, 0.2) is 0 Å². The van der Waals surface area contributed by atoms with E-state index in [1.54, 1.807) is 0 Å². The molecule has 0 aliphatic carbocycles. The highest BCUT2D eigenvalue weighted by Crippen LogP contribution is 2.32. The van der Waals surface area contributed by atoms with Crippen molar-refractivity contribution in [1.29, 1.82) is 0 Å². The van der Waals surface area contributed by atoms with E-state index in [1.807, 2.05) is 0 Å². The molecule has 3 saturated heterocycles. The van der Waals surface area contributed by atoms with Crippen molar-refractivity contribution in [2.24, 2.45) is 0 Å². The molecule has 0 bridgehead atoms. The Bertz CT molecular complexity index is 699. The lowest BCUT2D eigenvalue weighted by molar-refractivity contribution is -0.365. The van der Waals surface area contributed by atoms with E-state index in [0.29, 0.717) is 0 Å². The molecule has 35 heavy (non-hydrogen) atoms. The van der Waals surface area contributed by atoms with E-state index in [2.05, 4.69) is 5.32 Å². The Morgan fingerprint density at radius 1 is 0.800 bits per heavy atom. The summed E-state index contributed by atoms with van der Waals surface area (Å²) >= 11 is 0. The summed E-state index contributed by atoms with van der Waals surface area (Å²) in [4.78, 5) is 11.8. The van der Waals surface area contributed by atoms with Crippen molar-refractivity contribution < 1.29 is 74.4 Å². The monoisotopic (exact) mass is 515 g/mol. The minimum Gasteiger partial charge on any atom is -0.394 e. The molecule has 0 spiro atoms. The lowest BCUT2D eigenvalue weighted by Crippen LogP contribution is -2.69.